The Morgan fingerprint density at radius 1 is 1.86 bits per heavy atom. The van der Waals surface area contributed by atoms with Crippen LogP contribution in [0.4, 0.5) is 13.2 Å². The zero-order valence-electron chi connectivity index (χ0n) is 9.17. The number of hydrogen-bond donors (Lipinski definition) is 0. The smallest absolute Gasteiger partial charge is 0.371 e. The summed E-state index contributed by atoms with van der Waals surface area (Å²) >= 11 is 0. The molecule has 80 valence electrons. The molecular formula is C8H10F3NO2. The van der Waals surface area contributed by atoms with Gasteiger partial charge in [-0.1, -0.05) is 0 Å². The molecule has 2 rings (SSSR count). The lowest BCUT2D eigenvalue weighted by Gasteiger charge is -2.30. The normalized spacial score (nSPS) is 43.8. The molecule has 0 N–H and O–H groups in total. The van der Waals surface area contributed by atoms with Gasteiger partial charge in [0.25, 0.3) is 0 Å². The van der Waals surface area contributed by atoms with Crippen molar-refractivity contribution < 1.29 is 25.4 Å². The summed E-state index contributed by atoms with van der Waals surface area (Å²) in [6.45, 7) is -1.65. The minimum atomic E-state index is -4.92. The molecule has 3 nitrogen and oxygen atoms in total. The molecule has 0 saturated carbocycles. The van der Waals surface area contributed by atoms with Crippen LogP contribution >= 0.6 is 0 Å². The predicted molar refractivity (Wildman–Crippen MR) is 40.5 cm³/mol. The minimum absolute atomic E-state index is 0.145. The molecule has 2 saturated heterocycles. The first-order valence-electron chi connectivity index (χ1n) is 5.35. The van der Waals surface area contributed by atoms with E-state index < -0.39 is 30.3 Å². The van der Waals surface area contributed by atoms with Gasteiger partial charge in [-0.2, -0.15) is 13.2 Å². The number of hydrogen-bond acceptors (Lipinski definition) is 2. The van der Waals surface area contributed by atoms with Gasteiger partial charge in [-0.05, 0) is 6.90 Å². The zero-order chi connectivity index (χ0) is 12.1. The molecule has 0 aromatic heterocycles. The van der Waals surface area contributed by atoms with Gasteiger partial charge in [0.1, 0.15) is 0 Å². The maximum atomic E-state index is 12.2. The zero-order valence-corrected chi connectivity index (χ0v) is 7.17. The highest BCUT2D eigenvalue weighted by Gasteiger charge is 2.55. The van der Waals surface area contributed by atoms with Crippen LogP contribution in [-0.2, 0) is 9.53 Å². The molecule has 0 unspecified atom stereocenters. The van der Waals surface area contributed by atoms with Gasteiger partial charge in [-0.3, -0.25) is 4.79 Å². The van der Waals surface area contributed by atoms with Crippen molar-refractivity contribution in [1.29, 1.82) is 0 Å². The summed E-state index contributed by atoms with van der Waals surface area (Å²) in [6.07, 6.45) is -4.78. The molecule has 0 aliphatic carbocycles. The Balaban J connectivity index is 2.19. The molecule has 1 amide bonds. The number of morpholine rings is 1. The average Bonchev–Trinajstić information content (AvgIpc) is 2.70. The van der Waals surface area contributed by atoms with Crippen LogP contribution in [0.3, 0.4) is 0 Å². The van der Waals surface area contributed by atoms with Crippen molar-refractivity contribution in [3.63, 3.8) is 0 Å². The molecule has 2 aliphatic heterocycles. The number of amides is 1. The largest absolute Gasteiger partial charge is 0.471 e. The Morgan fingerprint density at radius 3 is 3.07 bits per heavy atom. The molecule has 2 heterocycles. The second-order valence-electron chi connectivity index (χ2n) is 3.64. The third-order valence-electron chi connectivity index (χ3n) is 2.42. The molecule has 14 heavy (non-hydrogen) atoms. The Bertz CT molecular complexity index is 325. The Hall–Kier alpha value is -0.780. The van der Waals surface area contributed by atoms with Gasteiger partial charge < -0.3 is 9.64 Å². The van der Waals surface area contributed by atoms with Crippen LogP contribution < -0.4 is 0 Å². The fraction of sp³-hybridized carbons (Fsp3) is 0.875. The number of carbonyl (C=O) groups is 1. The third kappa shape index (κ3) is 1.37. The highest BCUT2D eigenvalue weighted by Crippen LogP contribution is 2.38. The molecular weight excluding hydrogens is 199 g/mol. The molecule has 0 aromatic carbocycles. The number of nitrogens with zero attached hydrogens (tertiary/aromatic N) is 1. The fourth-order valence-corrected chi connectivity index (χ4v) is 1.80. The Kier molecular flexibility index (Phi) is 1.41. The van der Waals surface area contributed by atoms with Gasteiger partial charge in [0.15, 0.2) is 0 Å². The number of ether oxygens (including phenoxy) is 1. The highest BCUT2D eigenvalue weighted by molar-refractivity contribution is 5.82. The molecule has 6 heteroatoms. The van der Waals surface area contributed by atoms with E-state index in [0.717, 1.165) is 0 Å². The fourth-order valence-electron chi connectivity index (χ4n) is 1.80. The Labute approximate surface area is 81.6 Å². The van der Waals surface area contributed by atoms with E-state index in [1.165, 1.54) is 0 Å². The lowest BCUT2D eigenvalue weighted by molar-refractivity contribution is -0.190. The van der Waals surface area contributed by atoms with Crippen molar-refractivity contribution in [3.8, 4) is 0 Å². The van der Waals surface area contributed by atoms with Crippen LogP contribution in [0.1, 0.15) is 16.1 Å². The lowest BCUT2D eigenvalue weighted by Crippen LogP contribution is -2.49. The van der Waals surface area contributed by atoms with Crippen LogP contribution in [0, 0.1) is 0 Å². The van der Waals surface area contributed by atoms with E-state index in [9.17, 15) is 18.0 Å². The number of rotatable bonds is 0. The third-order valence-corrected chi connectivity index (χ3v) is 2.42. The molecule has 2 bridgehead atoms. The maximum Gasteiger partial charge on any atom is 0.471 e. The van der Waals surface area contributed by atoms with E-state index >= 15 is 0 Å². The van der Waals surface area contributed by atoms with Gasteiger partial charge >= 0.3 is 12.1 Å². The van der Waals surface area contributed by atoms with E-state index in [2.05, 4.69) is 0 Å². The number of fused-ring (bicyclic) bond motifs is 2. The maximum absolute atomic E-state index is 12.2. The molecule has 0 aromatic rings. The lowest BCUT2D eigenvalue weighted by atomic mass is 10.1. The van der Waals surface area contributed by atoms with Crippen molar-refractivity contribution in [2.45, 2.75) is 31.1 Å². The minimum Gasteiger partial charge on any atom is -0.371 e. The van der Waals surface area contributed by atoms with Crippen molar-refractivity contribution in [2.75, 3.05) is 13.1 Å². The van der Waals surface area contributed by atoms with Gasteiger partial charge in [-0.25, -0.2) is 0 Å². The van der Waals surface area contributed by atoms with Gasteiger partial charge in [0.2, 0.25) is 0 Å². The second-order valence-corrected chi connectivity index (χ2v) is 3.64. The first kappa shape index (κ1) is 7.50. The van der Waals surface area contributed by atoms with Crippen LogP contribution in [0.15, 0.2) is 0 Å². The standard InChI is InChI=1S/C8H10F3NO2/c1-7-2-5(3-14-7)12(4-7)6(13)8(9,10)11/h5H,2-4H2,1H3/t5-,7-/m1/s1/i1D,3T/t3-,5-,7-. The SMILES string of the molecule is [2H]C[C@]12C[C@H]([C@@H]([3H])O1)N(C(=O)C(F)(F)F)C2. The first-order chi connectivity index (χ1) is 7.29. The number of likely N-dealkylation sites (tertiary alicyclic amines) is 1. The van der Waals surface area contributed by atoms with Crippen LogP contribution in [-0.4, -0.2) is 41.8 Å². The van der Waals surface area contributed by atoms with E-state index in [1.807, 2.05) is 0 Å². The second kappa shape index (κ2) is 2.62. The monoisotopic (exact) mass is 212 g/mol. The molecule has 2 aliphatic rings. The van der Waals surface area contributed by atoms with Gasteiger partial charge in [-0.15, -0.1) is 0 Å². The van der Waals surface area contributed by atoms with Crippen LogP contribution in [0.2, 0.25) is 0 Å². The van der Waals surface area contributed by atoms with Crippen molar-refractivity contribution >= 4 is 5.91 Å². The predicted octanol–water partition coefficient (Wildman–Crippen LogP) is 0.939. The summed E-state index contributed by atoms with van der Waals surface area (Å²) in [6, 6.07) is -0.875. The average molecular weight is 212 g/mol. The summed E-state index contributed by atoms with van der Waals surface area (Å²) in [4.78, 5) is 11.7. The van der Waals surface area contributed by atoms with E-state index in [0.29, 0.717) is 4.90 Å². The summed E-state index contributed by atoms with van der Waals surface area (Å²) in [7, 11) is 0. The van der Waals surface area contributed by atoms with Crippen molar-refractivity contribution in [1.82, 2.24) is 4.90 Å². The van der Waals surface area contributed by atoms with Gasteiger partial charge in [0.05, 0.1) is 26.1 Å². The quantitative estimate of drug-likeness (QED) is 0.598. The number of halogens is 3. The van der Waals surface area contributed by atoms with Gasteiger partial charge in [0, 0.05) is 7.79 Å². The van der Waals surface area contributed by atoms with Crippen LogP contribution in [0.5, 0.6) is 0 Å². The van der Waals surface area contributed by atoms with Crippen molar-refractivity contribution in [3.05, 3.63) is 0 Å². The summed E-state index contributed by atoms with van der Waals surface area (Å²) in [5.74, 6) is -1.94. The highest BCUT2D eigenvalue weighted by atomic mass is 19.4. The van der Waals surface area contributed by atoms with Crippen molar-refractivity contribution in [2.24, 2.45) is 0 Å². The summed E-state index contributed by atoms with van der Waals surface area (Å²) in [5, 5.41) is 0. The van der Waals surface area contributed by atoms with Crippen LogP contribution in [0.25, 0.3) is 0 Å². The summed E-state index contributed by atoms with van der Waals surface area (Å²) in [5.41, 5.74) is -1.07. The molecule has 2 fully saturated rings. The topological polar surface area (TPSA) is 29.5 Å². The number of carbonyl (C=O) groups excluding carboxylic acids is 1. The Morgan fingerprint density at radius 2 is 2.57 bits per heavy atom. The summed E-state index contributed by atoms with van der Waals surface area (Å²) < 4.78 is 56.5. The van der Waals surface area contributed by atoms with E-state index in [4.69, 9.17) is 7.48 Å². The molecule has 3 atom stereocenters. The number of alkyl halides is 3. The first-order valence-corrected chi connectivity index (χ1v) is 4.06. The molecule has 0 radical (unpaired) electrons. The van der Waals surface area contributed by atoms with E-state index in [-0.39, 0.29) is 19.9 Å². The molecule has 0 spiro atoms. The van der Waals surface area contributed by atoms with E-state index in [1.54, 1.807) is 0 Å².